The van der Waals surface area contributed by atoms with Gasteiger partial charge in [-0.05, 0) is 37.5 Å². The molecule has 0 fully saturated rings. The minimum absolute atomic E-state index is 0.0701. The topological polar surface area (TPSA) is 52.6 Å². The molecule has 0 spiro atoms. The van der Waals surface area contributed by atoms with Crippen LogP contribution in [0.2, 0.25) is 5.02 Å². The zero-order chi connectivity index (χ0) is 20.5. The lowest BCUT2D eigenvalue weighted by atomic mass is 10.1. The first-order chi connectivity index (χ1) is 13.6. The van der Waals surface area contributed by atoms with E-state index in [1.54, 1.807) is 24.3 Å². The van der Waals surface area contributed by atoms with Crippen molar-refractivity contribution in [2.24, 2.45) is 0 Å². The van der Waals surface area contributed by atoms with E-state index in [4.69, 9.17) is 21.1 Å². The Morgan fingerprint density at radius 2 is 1.43 bits per heavy atom. The molecule has 0 radical (unpaired) electrons. The average Bonchev–Trinajstić information content (AvgIpc) is 2.66. The zero-order valence-electron chi connectivity index (χ0n) is 17.2. The molecule has 1 rings (SSSR count). The normalized spacial score (nSPS) is 10.6. The summed E-state index contributed by atoms with van der Waals surface area (Å²) in [5.74, 6) is 0.198. The molecule has 4 nitrogen and oxygen atoms in total. The fourth-order valence-corrected chi connectivity index (χ4v) is 3.10. The summed E-state index contributed by atoms with van der Waals surface area (Å²) in [5.41, 5.74) is 0. The van der Waals surface area contributed by atoms with Crippen molar-refractivity contribution >= 4 is 23.5 Å². The maximum atomic E-state index is 11.8. The molecule has 1 aromatic rings. The van der Waals surface area contributed by atoms with Crippen LogP contribution in [-0.4, -0.2) is 18.5 Å². The number of hydrogen-bond donors (Lipinski definition) is 0. The first kappa shape index (κ1) is 24.5. The SMILES string of the molecule is CCCCCCCOC(=O)CCCCCCCCC(=O)Oc1cccc(Cl)c1. The Balaban J connectivity index is 1.89. The molecule has 0 atom stereocenters. The summed E-state index contributed by atoms with van der Waals surface area (Å²) in [5, 5.41) is 0.557. The van der Waals surface area contributed by atoms with E-state index in [9.17, 15) is 9.59 Å². The molecule has 0 saturated carbocycles. The van der Waals surface area contributed by atoms with Crippen LogP contribution in [0, 0.1) is 0 Å². The van der Waals surface area contributed by atoms with Crippen molar-refractivity contribution in [3.63, 3.8) is 0 Å². The van der Waals surface area contributed by atoms with Crippen molar-refractivity contribution in [1.82, 2.24) is 0 Å². The van der Waals surface area contributed by atoms with Gasteiger partial charge in [-0.2, -0.15) is 0 Å². The van der Waals surface area contributed by atoms with E-state index in [1.807, 2.05) is 0 Å². The number of carbonyl (C=O) groups is 2. The number of hydrogen-bond acceptors (Lipinski definition) is 4. The third-order valence-electron chi connectivity index (χ3n) is 4.55. The van der Waals surface area contributed by atoms with Gasteiger partial charge >= 0.3 is 11.9 Å². The number of rotatable bonds is 16. The summed E-state index contributed by atoms with van der Waals surface area (Å²) in [4.78, 5) is 23.4. The summed E-state index contributed by atoms with van der Waals surface area (Å²) in [6.07, 6.45) is 12.6. The van der Waals surface area contributed by atoms with Crippen LogP contribution in [0.3, 0.4) is 0 Å². The van der Waals surface area contributed by atoms with Crippen LogP contribution in [-0.2, 0) is 14.3 Å². The van der Waals surface area contributed by atoms with E-state index >= 15 is 0 Å². The third kappa shape index (κ3) is 13.6. The van der Waals surface area contributed by atoms with Crippen LogP contribution in [0.15, 0.2) is 24.3 Å². The Morgan fingerprint density at radius 3 is 2.11 bits per heavy atom. The molecule has 5 heteroatoms. The van der Waals surface area contributed by atoms with E-state index in [0.29, 0.717) is 30.2 Å². The molecular weight excluding hydrogens is 376 g/mol. The summed E-state index contributed by atoms with van der Waals surface area (Å²) in [7, 11) is 0. The van der Waals surface area contributed by atoms with Gasteiger partial charge in [0.1, 0.15) is 5.75 Å². The van der Waals surface area contributed by atoms with Crippen LogP contribution < -0.4 is 4.74 Å². The Morgan fingerprint density at radius 1 is 0.821 bits per heavy atom. The predicted octanol–water partition coefficient (Wildman–Crippen LogP) is 6.88. The number of esters is 2. The maximum Gasteiger partial charge on any atom is 0.311 e. The first-order valence-electron chi connectivity index (χ1n) is 10.7. The van der Waals surface area contributed by atoms with Crippen LogP contribution in [0.1, 0.15) is 90.4 Å². The van der Waals surface area contributed by atoms with Gasteiger partial charge in [0.25, 0.3) is 0 Å². The lowest BCUT2D eigenvalue weighted by Crippen LogP contribution is -2.07. The minimum atomic E-state index is -0.222. The number of ether oxygens (including phenoxy) is 2. The highest BCUT2D eigenvalue weighted by molar-refractivity contribution is 6.30. The number of carbonyl (C=O) groups excluding carboxylic acids is 2. The molecule has 1 aromatic carbocycles. The Bertz CT molecular complexity index is 559. The second kappa shape index (κ2) is 16.4. The molecule has 0 bridgehead atoms. The highest BCUT2D eigenvalue weighted by atomic mass is 35.5. The largest absolute Gasteiger partial charge is 0.466 e. The fraction of sp³-hybridized carbons (Fsp3) is 0.652. The van der Waals surface area contributed by atoms with E-state index < -0.39 is 0 Å². The van der Waals surface area contributed by atoms with E-state index in [1.165, 1.54) is 19.3 Å². The summed E-state index contributed by atoms with van der Waals surface area (Å²) >= 11 is 5.86. The first-order valence-corrected chi connectivity index (χ1v) is 11.1. The monoisotopic (exact) mass is 410 g/mol. The van der Waals surface area contributed by atoms with Crippen LogP contribution >= 0.6 is 11.6 Å². The van der Waals surface area contributed by atoms with Crippen molar-refractivity contribution in [3.8, 4) is 5.75 Å². The zero-order valence-corrected chi connectivity index (χ0v) is 18.0. The lowest BCUT2D eigenvalue weighted by molar-refractivity contribution is -0.144. The van der Waals surface area contributed by atoms with Crippen molar-refractivity contribution in [2.45, 2.75) is 90.4 Å². The Labute approximate surface area is 174 Å². The summed E-state index contributed by atoms with van der Waals surface area (Å²) in [6, 6.07) is 6.86. The summed E-state index contributed by atoms with van der Waals surface area (Å²) < 4.78 is 10.5. The molecule has 0 aliphatic carbocycles. The van der Waals surface area contributed by atoms with Gasteiger partial charge in [0.15, 0.2) is 0 Å². The fourth-order valence-electron chi connectivity index (χ4n) is 2.92. The van der Waals surface area contributed by atoms with Gasteiger partial charge in [0.05, 0.1) is 6.61 Å². The molecular formula is C23H35ClO4. The van der Waals surface area contributed by atoms with E-state index in [0.717, 1.165) is 51.4 Å². The van der Waals surface area contributed by atoms with Crippen molar-refractivity contribution in [1.29, 1.82) is 0 Å². The van der Waals surface area contributed by atoms with Gasteiger partial charge < -0.3 is 9.47 Å². The molecule has 0 heterocycles. The molecule has 0 aliphatic heterocycles. The van der Waals surface area contributed by atoms with Crippen LogP contribution in [0.5, 0.6) is 5.75 Å². The van der Waals surface area contributed by atoms with Crippen molar-refractivity contribution in [2.75, 3.05) is 6.61 Å². The molecule has 158 valence electrons. The van der Waals surface area contributed by atoms with Gasteiger partial charge in [0.2, 0.25) is 0 Å². The van der Waals surface area contributed by atoms with Crippen LogP contribution in [0.4, 0.5) is 0 Å². The number of benzene rings is 1. The molecule has 28 heavy (non-hydrogen) atoms. The quantitative estimate of drug-likeness (QED) is 0.169. The molecule has 0 aliphatic rings. The number of unbranched alkanes of at least 4 members (excludes halogenated alkanes) is 9. The molecule has 0 aromatic heterocycles. The highest BCUT2D eigenvalue weighted by Crippen LogP contribution is 2.18. The lowest BCUT2D eigenvalue weighted by Gasteiger charge is -2.06. The number of halogens is 1. The van der Waals surface area contributed by atoms with E-state index in [2.05, 4.69) is 6.92 Å². The minimum Gasteiger partial charge on any atom is -0.466 e. The second-order valence-corrected chi connectivity index (χ2v) is 7.62. The van der Waals surface area contributed by atoms with Gasteiger partial charge in [-0.1, -0.05) is 76.0 Å². The van der Waals surface area contributed by atoms with Crippen LogP contribution in [0.25, 0.3) is 0 Å². The Hall–Kier alpha value is -1.55. The Kier molecular flexibility index (Phi) is 14.4. The average molecular weight is 411 g/mol. The molecule has 0 N–H and O–H groups in total. The van der Waals surface area contributed by atoms with Gasteiger partial charge in [0, 0.05) is 17.9 Å². The summed E-state index contributed by atoms with van der Waals surface area (Å²) in [6.45, 7) is 2.75. The van der Waals surface area contributed by atoms with Gasteiger partial charge in [-0.3, -0.25) is 9.59 Å². The smallest absolute Gasteiger partial charge is 0.311 e. The molecule has 0 amide bonds. The molecule has 0 unspecified atom stereocenters. The van der Waals surface area contributed by atoms with Crippen molar-refractivity contribution in [3.05, 3.63) is 29.3 Å². The van der Waals surface area contributed by atoms with Gasteiger partial charge in [-0.25, -0.2) is 0 Å². The highest BCUT2D eigenvalue weighted by Gasteiger charge is 2.06. The second-order valence-electron chi connectivity index (χ2n) is 7.19. The van der Waals surface area contributed by atoms with Crippen molar-refractivity contribution < 1.29 is 19.1 Å². The van der Waals surface area contributed by atoms with E-state index in [-0.39, 0.29) is 11.9 Å². The maximum absolute atomic E-state index is 11.8. The molecule has 0 saturated heterocycles. The standard InChI is InChI=1S/C23H35ClO4/c1-2-3-4-9-12-18-27-22(25)16-10-7-5-6-8-11-17-23(26)28-21-15-13-14-20(24)19-21/h13-15,19H,2-12,16-18H2,1H3. The predicted molar refractivity (Wildman–Crippen MR) is 114 cm³/mol. The third-order valence-corrected chi connectivity index (χ3v) is 4.79. The van der Waals surface area contributed by atoms with Gasteiger partial charge in [-0.15, -0.1) is 0 Å².